The van der Waals surface area contributed by atoms with Crippen LogP contribution >= 0.6 is 11.6 Å². The number of carbonyl (C=O) groups is 1. The highest BCUT2D eigenvalue weighted by atomic mass is 35.5. The van der Waals surface area contributed by atoms with E-state index in [1.165, 1.54) is 0 Å². The van der Waals surface area contributed by atoms with Gasteiger partial charge in [0.25, 0.3) is 6.47 Å². The molecule has 0 aliphatic heterocycles. The summed E-state index contributed by atoms with van der Waals surface area (Å²) in [7, 11) is 1.87. The number of aromatic nitrogens is 2. The van der Waals surface area contributed by atoms with Gasteiger partial charge in [-0.25, -0.2) is 0 Å². The summed E-state index contributed by atoms with van der Waals surface area (Å²) in [5.74, 6) is 0.942. The minimum absolute atomic E-state index is 0.240. The first-order valence-electron chi connectivity index (χ1n) is 6.69. The van der Waals surface area contributed by atoms with Crippen molar-refractivity contribution in [1.29, 1.82) is 0 Å². The van der Waals surface area contributed by atoms with Gasteiger partial charge >= 0.3 is 0 Å². The standard InChI is InChI=1S/C17H13ClN2O2/c1-20-15(13-9-5-6-10-14(13)18)17(22-11-21)19-16(20)12-7-3-2-4-8-12/h2-11H,1H3. The number of hydrogen-bond donors (Lipinski definition) is 0. The summed E-state index contributed by atoms with van der Waals surface area (Å²) in [4.78, 5) is 15.2. The average molecular weight is 313 g/mol. The first-order chi connectivity index (χ1) is 10.7. The molecule has 0 spiro atoms. The largest absolute Gasteiger partial charge is 0.407 e. The van der Waals surface area contributed by atoms with E-state index in [0.29, 0.717) is 23.0 Å². The molecule has 0 fully saturated rings. The third-order valence-corrected chi connectivity index (χ3v) is 3.71. The summed E-state index contributed by atoms with van der Waals surface area (Å²) in [6, 6.07) is 17.1. The Hall–Kier alpha value is -2.59. The third kappa shape index (κ3) is 2.49. The predicted octanol–water partition coefficient (Wildman–Crippen LogP) is 3.94. The van der Waals surface area contributed by atoms with Crippen LogP contribution in [0.5, 0.6) is 5.88 Å². The van der Waals surface area contributed by atoms with Crippen molar-refractivity contribution in [3.63, 3.8) is 0 Å². The Morgan fingerprint density at radius 1 is 1.09 bits per heavy atom. The Bertz CT molecular complexity index is 813. The van der Waals surface area contributed by atoms with Gasteiger partial charge in [-0.05, 0) is 6.07 Å². The van der Waals surface area contributed by atoms with Gasteiger partial charge in [-0.3, -0.25) is 4.79 Å². The van der Waals surface area contributed by atoms with E-state index in [1.807, 2.05) is 60.1 Å². The Labute approximate surface area is 132 Å². The summed E-state index contributed by atoms with van der Waals surface area (Å²) < 4.78 is 6.93. The van der Waals surface area contributed by atoms with E-state index in [9.17, 15) is 4.79 Å². The molecule has 1 heterocycles. The number of ether oxygens (including phenoxy) is 1. The molecular weight excluding hydrogens is 300 g/mol. The van der Waals surface area contributed by atoms with E-state index >= 15 is 0 Å². The second kappa shape index (κ2) is 6.03. The monoisotopic (exact) mass is 312 g/mol. The van der Waals surface area contributed by atoms with Crippen LogP contribution in [-0.2, 0) is 11.8 Å². The number of hydrogen-bond acceptors (Lipinski definition) is 3. The van der Waals surface area contributed by atoms with Crippen molar-refractivity contribution in [2.75, 3.05) is 0 Å². The molecule has 0 N–H and O–H groups in total. The van der Waals surface area contributed by atoms with Crippen molar-refractivity contribution in [1.82, 2.24) is 9.55 Å². The number of imidazole rings is 1. The SMILES string of the molecule is Cn1c(-c2ccccc2)nc(OC=O)c1-c1ccccc1Cl. The zero-order valence-electron chi connectivity index (χ0n) is 11.9. The van der Waals surface area contributed by atoms with Crippen molar-refractivity contribution in [3.8, 4) is 28.5 Å². The van der Waals surface area contributed by atoms with Gasteiger partial charge < -0.3 is 9.30 Å². The minimum atomic E-state index is 0.240. The van der Waals surface area contributed by atoms with E-state index in [4.69, 9.17) is 16.3 Å². The number of rotatable bonds is 4. The maximum absolute atomic E-state index is 10.8. The summed E-state index contributed by atoms with van der Waals surface area (Å²) in [6.45, 7) is 0.372. The maximum Gasteiger partial charge on any atom is 0.299 e. The lowest BCUT2D eigenvalue weighted by Gasteiger charge is -2.08. The van der Waals surface area contributed by atoms with Crippen molar-refractivity contribution in [2.24, 2.45) is 7.05 Å². The fourth-order valence-electron chi connectivity index (χ4n) is 2.40. The van der Waals surface area contributed by atoms with E-state index in [2.05, 4.69) is 4.98 Å². The minimum Gasteiger partial charge on any atom is -0.407 e. The van der Waals surface area contributed by atoms with Crippen LogP contribution in [0.25, 0.3) is 22.6 Å². The van der Waals surface area contributed by atoms with Crippen molar-refractivity contribution in [3.05, 3.63) is 59.6 Å². The van der Waals surface area contributed by atoms with Crippen molar-refractivity contribution >= 4 is 18.1 Å². The fourth-order valence-corrected chi connectivity index (χ4v) is 2.62. The van der Waals surface area contributed by atoms with Crippen molar-refractivity contribution in [2.45, 2.75) is 0 Å². The Morgan fingerprint density at radius 2 is 1.77 bits per heavy atom. The summed E-state index contributed by atoms with van der Waals surface area (Å²) in [6.07, 6.45) is 0. The van der Waals surface area contributed by atoms with Crippen molar-refractivity contribution < 1.29 is 9.53 Å². The first kappa shape index (κ1) is 14.4. The molecular formula is C17H13ClN2O2. The molecule has 110 valence electrons. The quantitative estimate of drug-likeness (QED) is 0.685. The molecule has 2 aromatic carbocycles. The maximum atomic E-state index is 10.8. The number of benzene rings is 2. The molecule has 0 atom stereocenters. The highest BCUT2D eigenvalue weighted by molar-refractivity contribution is 6.33. The van der Waals surface area contributed by atoms with E-state index in [-0.39, 0.29) is 5.88 Å². The summed E-state index contributed by atoms with van der Waals surface area (Å²) in [5.41, 5.74) is 2.36. The Kier molecular flexibility index (Phi) is 3.94. The number of nitrogens with zero attached hydrogens (tertiary/aromatic N) is 2. The molecule has 0 bridgehead atoms. The highest BCUT2D eigenvalue weighted by Crippen LogP contribution is 2.37. The second-order valence-corrected chi connectivity index (χ2v) is 5.12. The second-order valence-electron chi connectivity index (χ2n) is 4.71. The van der Waals surface area contributed by atoms with Gasteiger partial charge in [-0.15, -0.1) is 0 Å². The average Bonchev–Trinajstić information content (AvgIpc) is 2.86. The molecule has 0 aliphatic carbocycles. The molecule has 4 nitrogen and oxygen atoms in total. The van der Waals surface area contributed by atoms with Crippen LogP contribution in [0, 0.1) is 0 Å². The first-order valence-corrected chi connectivity index (χ1v) is 7.07. The van der Waals surface area contributed by atoms with Gasteiger partial charge in [0.05, 0.1) is 5.02 Å². The molecule has 0 saturated carbocycles. The fraction of sp³-hybridized carbons (Fsp3) is 0.0588. The molecule has 0 unspecified atom stereocenters. The topological polar surface area (TPSA) is 44.1 Å². The summed E-state index contributed by atoms with van der Waals surface area (Å²) >= 11 is 6.27. The zero-order chi connectivity index (χ0) is 15.5. The molecule has 0 amide bonds. The lowest BCUT2D eigenvalue weighted by Crippen LogP contribution is -1.97. The molecule has 0 radical (unpaired) electrons. The van der Waals surface area contributed by atoms with Gasteiger partial charge in [0, 0.05) is 18.2 Å². The highest BCUT2D eigenvalue weighted by Gasteiger charge is 2.20. The number of carbonyl (C=O) groups excluding carboxylic acids is 1. The van der Waals surface area contributed by atoms with Gasteiger partial charge in [-0.1, -0.05) is 60.1 Å². The Morgan fingerprint density at radius 3 is 2.45 bits per heavy atom. The van der Waals surface area contributed by atoms with E-state index < -0.39 is 0 Å². The van der Waals surface area contributed by atoms with Crippen LogP contribution in [-0.4, -0.2) is 16.0 Å². The molecule has 5 heteroatoms. The van der Waals surface area contributed by atoms with Crippen LogP contribution in [0.1, 0.15) is 0 Å². The predicted molar refractivity (Wildman–Crippen MR) is 85.8 cm³/mol. The molecule has 22 heavy (non-hydrogen) atoms. The lowest BCUT2D eigenvalue weighted by atomic mass is 10.1. The van der Waals surface area contributed by atoms with Gasteiger partial charge in [-0.2, -0.15) is 4.98 Å². The van der Waals surface area contributed by atoms with Gasteiger partial charge in [0.1, 0.15) is 11.5 Å². The smallest absolute Gasteiger partial charge is 0.299 e. The van der Waals surface area contributed by atoms with Crippen LogP contribution in [0.4, 0.5) is 0 Å². The molecule has 3 rings (SSSR count). The summed E-state index contributed by atoms with van der Waals surface area (Å²) in [5, 5.41) is 0.570. The van der Waals surface area contributed by atoms with Gasteiger partial charge in [0.15, 0.2) is 0 Å². The normalized spacial score (nSPS) is 10.5. The molecule has 0 aliphatic rings. The van der Waals surface area contributed by atoms with Crippen LogP contribution in [0.2, 0.25) is 5.02 Å². The third-order valence-electron chi connectivity index (χ3n) is 3.38. The molecule has 3 aromatic rings. The number of halogens is 1. The zero-order valence-corrected chi connectivity index (χ0v) is 12.6. The molecule has 1 aromatic heterocycles. The van der Waals surface area contributed by atoms with Gasteiger partial charge in [0.2, 0.25) is 5.88 Å². The van der Waals surface area contributed by atoms with Crippen LogP contribution in [0.15, 0.2) is 54.6 Å². The Balaban J connectivity index is 2.23. The van der Waals surface area contributed by atoms with E-state index in [0.717, 1.165) is 11.1 Å². The lowest BCUT2D eigenvalue weighted by molar-refractivity contribution is -0.120. The molecule has 0 saturated heterocycles. The van der Waals surface area contributed by atoms with E-state index in [1.54, 1.807) is 6.07 Å². The van der Waals surface area contributed by atoms with Crippen LogP contribution in [0.3, 0.4) is 0 Å². The van der Waals surface area contributed by atoms with Crippen LogP contribution < -0.4 is 4.74 Å².